The largest absolute Gasteiger partial charge is 0.350 e. The third-order valence-corrected chi connectivity index (χ3v) is 2.38. The van der Waals surface area contributed by atoms with Crippen LogP contribution in [-0.2, 0) is 0 Å². The van der Waals surface area contributed by atoms with Crippen molar-refractivity contribution >= 4 is 5.91 Å². The average molecular weight is 191 g/mol. The maximum Gasteiger partial charge on any atom is 0.251 e. The van der Waals surface area contributed by atoms with Gasteiger partial charge in [-0.3, -0.25) is 4.79 Å². The highest BCUT2D eigenvalue weighted by Gasteiger charge is 2.09. The second-order valence-corrected chi connectivity index (χ2v) is 3.60. The normalized spacial score (nSPS) is 12.2. The van der Waals surface area contributed by atoms with Crippen LogP contribution in [0, 0.1) is 6.92 Å². The van der Waals surface area contributed by atoms with Gasteiger partial charge >= 0.3 is 0 Å². The maximum absolute atomic E-state index is 11.7. The number of benzene rings is 1. The second kappa shape index (κ2) is 4.80. The zero-order valence-corrected chi connectivity index (χ0v) is 9.00. The molecular weight excluding hydrogens is 174 g/mol. The molecule has 1 N–H and O–H groups in total. The first-order valence-electron chi connectivity index (χ1n) is 5.01. The number of nitrogens with one attached hydrogen (secondary N) is 1. The minimum Gasteiger partial charge on any atom is -0.350 e. The summed E-state index contributed by atoms with van der Waals surface area (Å²) < 4.78 is 0. The topological polar surface area (TPSA) is 29.1 Å². The Morgan fingerprint density at radius 3 is 2.64 bits per heavy atom. The Bertz CT molecular complexity index is 320. The molecule has 0 aromatic heterocycles. The zero-order chi connectivity index (χ0) is 10.6. The summed E-state index contributed by atoms with van der Waals surface area (Å²) >= 11 is 0. The summed E-state index contributed by atoms with van der Waals surface area (Å²) in [5.74, 6) is 0.0254. The number of carbonyl (C=O) groups is 1. The first-order chi connectivity index (χ1) is 6.65. The number of aryl methyl sites for hydroxylation is 1. The van der Waals surface area contributed by atoms with Crippen molar-refractivity contribution in [3.63, 3.8) is 0 Å². The van der Waals surface area contributed by atoms with Crippen LogP contribution in [0.4, 0.5) is 0 Å². The molecule has 1 atom stereocenters. The number of hydrogen-bond acceptors (Lipinski definition) is 1. The van der Waals surface area contributed by atoms with Crippen LogP contribution in [0.25, 0.3) is 0 Å². The lowest BCUT2D eigenvalue weighted by Gasteiger charge is -2.12. The molecule has 2 nitrogen and oxygen atoms in total. The summed E-state index contributed by atoms with van der Waals surface area (Å²) in [4.78, 5) is 11.7. The monoisotopic (exact) mass is 191 g/mol. The van der Waals surface area contributed by atoms with E-state index in [9.17, 15) is 4.79 Å². The van der Waals surface area contributed by atoms with Crippen LogP contribution in [0.1, 0.15) is 36.2 Å². The van der Waals surface area contributed by atoms with E-state index in [2.05, 4.69) is 12.2 Å². The first-order valence-corrected chi connectivity index (χ1v) is 5.01. The van der Waals surface area contributed by atoms with Gasteiger partial charge in [0.2, 0.25) is 0 Å². The molecule has 2 heteroatoms. The van der Waals surface area contributed by atoms with Gasteiger partial charge in [0, 0.05) is 11.6 Å². The van der Waals surface area contributed by atoms with E-state index >= 15 is 0 Å². The quantitative estimate of drug-likeness (QED) is 0.781. The van der Waals surface area contributed by atoms with Crippen LogP contribution >= 0.6 is 0 Å². The van der Waals surface area contributed by atoms with Gasteiger partial charge in [-0.25, -0.2) is 0 Å². The van der Waals surface area contributed by atoms with E-state index in [1.165, 1.54) is 0 Å². The predicted molar refractivity (Wildman–Crippen MR) is 58.4 cm³/mol. The van der Waals surface area contributed by atoms with E-state index in [4.69, 9.17) is 0 Å². The van der Waals surface area contributed by atoms with Crippen molar-refractivity contribution in [1.82, 2.24) is 5.32 Å². The summed E-state index contributed by atoms with van der Waals surface area (Å²) in [6.07, 6.45) is 0.956. The SMILES string of the molecule is CCC(C)NC(=O)c1ccccc1C. The highest BCUT2D eigenvalue weighted by atomic mass is 16.1. The minimum absolute atomic E-state index is 0.0254. The van der Waals surface area contributed by atoms with Gasteiger partial charge in [0.05, 0.1) is 0 Å². The molecule has 1 aromatic carbocycles. The Morgan fingerprint density at radius 1 is 1.43 bits per heavy atom. The highest BCUT2D eigenvalue weighted by molar-refractivity contribution is 5.95. The lowest BCUT2D eigenvalue weighted by Crippen LogP contribution is -2.32. The van der Waals surface area contributed by atoms with Crippen molar-refractivity contribution in [2.75, 3.05) is 0 Å². The summed E-state index contributed by atoms with van der Waals surface area (Å²) in [7, 11) is 0. The summed E-state index contributed by atoms with van der Waals surface area (Å²) in [6, 6.07) is 7.87. The molecule has 0 heterocycles. The molecule has 0 radical (unpaired) electrons. The molecule has 1 amide bonds. The van der Waals surface area contributed by atoms with Crippen molar-refractivity contribution in [3.8, 4) is 0 Å². The molecule has 1 rings (SSSR count). The first kappa shape index (κ1) is 10.8. The van der Waals surface area contributed by atoms with Gasteiger partial charge in [0.25, 0.3) is 5.91 Å². The molecule has 1 unspecified atom stereocenters. The predicted octanol–water partition coefficient (Wildman–Crippen LogP) is 2.52. The third kappa shape index (κ3) is 2.59. The van der Waals surface area contributed by atoms with Gasteiger partial charge in [0.15, 0.2) is 0 Å². The Hall–Kier alpha value is -1.31. The average Bonchev–Trinajstić information content (AvgIpc) is 2.18. The van der Waals surface area contributed by atoms with E-state index in [-0.39, 0.29) is 11.9 Å². The van der Waals surface area contributed by atoms with Crippen molar-refractivity contribution in [2.45, 2.75) is 33.2 Å². The summed E-state index contributed by atoms with van der Waals surface area (Å²) in [5, 5.41) is 2.95. The molecule has 0 aliphatic carbocycles. The van der Waals surface area contributed by atoms with Gasteiger partial charge in [-0.1, -0.05) is 25.1 Å². The van der Waals surface area contributed by atoms with Crippen LogP contribution in [0.15, 0.2) is 24.3 Å². The van der Waals surface area contributed by atoms with E-state index < -0.39 is 0 Å². The van der Waals surface area contributed by atoms with Crippen molar-refractivity contribution in [2.24, 2.45) is 0 Å². The molecule has 0 saturated carbocycles. The van der Waals surface area contributed by atoms with E-state index in [1.807, 2.05) is 38.1 Å². The number of carbonyl (C=O) groups excluding carboxylic acids is 1. The van der Waals surface area contributed by atoms with E-state index in [0.717, 1.165) is 17.5 Å². The minimum atomic E-state index is 0.0254. The highest BCUT2D eigenvalue weighted by Crippen LogP contribution is 2.07. The van der Waals surface area contributed by atoms with Crippen LogP contribution in [0.5, 0.6) is 0 Å². The van der Waals surface area contributed by atoms with Crippen LogP contribution in [0.2, 0.25) is 0 Å². The van der Waals surface area contributed by atoms with Gasteiger partial charge in [-0.15, -0.1) is 0 Å². The molecule has 0 fully saturated rings. The Kier molecular flexibility index (Phi) is 3.69. The van der Waals surface area contributed by atoms with Gasteiger partial charge < -0.3 is 5.32 Å². The summed E-state index contributed by atoms with van der Waals surface area (Å²) in [5.41, 5.74) is 1.79. The molecule has 76 valence electrons. The van der Waals surface area contributed by atoms with Gasteiger partial charge in [0.1, 0.15) is 0 Å². The molecule has 1 aromatic rings. The number of rotatable bonds is 3. The lowest BCUT2D eigenvalue weighted by atomic mass is 10.1. The standard InChI is InChI=1S/C12H17NO/c1-4-10(3)13-12(14)11-8-6-5-7-9(11)2/h5-8,10H,4H2,1-3H3,(H,13,14). The molecule has 0 bridgehead atoms. The van der Waals surface area contributed by atoms with Gasteiger partial charge in [-0.2, -0.15) is 0 Å². The molecule has 0 spiro atoms. The van der Waals surface area contributed by atoms with Crippen molar-refractivity contribution in [1.29, 1.82) is 0 Å². The maximum atomic E-state index is 11.7. The molecule has 0 aliphatic heterocycles. The van der Waals surface area contributed by atoms with Crippen LogP contribution < -0.4 is 5.32 Å². The van der Waals surface area contributed by atoms with E-state index in [1.54, 1.807) is 0 Å². The van der Waals surface area contributed by atoms with Crippen LogP contribution in [0.3, 0.4) is 0 Å². The van der Waals surface area contributed by atoms with E-state index in [0.29, 0.717) is 0 Å². The summed E-state index contributed by atoms with van der Waals surface area (Å²) in [6.45, 7) is 6.02. The van der Waals surface area contributed by atoms with Gasteiger partial charge in [-0.05, 0) is 31.9 Å². The zero-order valence-electron chi connectivity index (χ0n) is 9.00. The van der Waals surface area contributed by atoms with Crippen molar-refractivity contribution in [3.05, 3.63) is 35.4 Å². The smallest absolute Gasteiger partial charge is 0.251 e. The molecule has 0 aliphatic rings. The molecule has 14 heavy (non-hydrogen) atoms. The Balaban J connectivity index is 2.75. The number of hydrogen-bond donors (Lipinski definition) is 1. The molecular formula is C12H17NO. The Morgan fingerprint density at radius 2 is 2.07 bits per heavy atom. The Labute approximate surface area is 85.3 Å². The number of amides is 1. The fourth-order valence-corrected chi connectivity index (χ4v) is 1.23. The van der Waals surface area contributed by atoms with Crippen LogP contribution in [-0.4, -0.2) is 11.9 Å². The lowest BCUT2D eigenvalue weighted by molar-refractivity contribution is 0.0938. The second-order valence-electron chi connectivity index (χ2n) is 3.60. The fraction of sp³-hybridized carbons (Fsp3) is 0.417. The van der Waals surface area contributed by atoms with Crippen molar-refractivity contribution < 1.29 is 4.79 Å². The third-order valence-electron chi connectivity index (χ3n) is 2.38. The molecule has 0 saturated heterocycles. The fourth-order valence-electron chi connectivity index (χ4n) is 1.23.